The summed E-state index contributed by atoms with van der Waals surface area (Å²) in [5.41, 5.74) is 1.55. The van der Waals surface area contributed by atoms with Crippen LogP contribution in [0.4, 0.5) is 5.69 Å². The van der Waals surface area contributed by atoms with E-state index in [1.807, 2.05) is 30.7 Å². The Kier molecular flexibility index (Phi) is 4.22. The van der Waals surface area contributed by atoms with Gasteiger partial charge < -0.3 is 9.67 Å². The van der Waals surface area contributed by atoms with Crippen LogP contribution in [0.3, 0.4) is 0 Å². The molecule has 3 aromatic rings. The number of nitro groups is 1. The number of hydrogen-bond acceptors (Lipinski definition) is 4. The van der Waals surface area contributed by atoms with Gasteiger partial charge in [0.2, 0.25) is 0 Å². The highest BCUT2D eigenvalue weighted by molar-refractivity contribution is 5.94. The molecule has 0 aliphatic heterocycles. The molecule has 0 bridgehead atoms. The van der Waals surface area contributed by atoms with E-state index in [4.69, 9.17) is 5.11 Å². The van der Waals surface area contributed by atoms with Crippen molar-refractivity contribution in [2.24, 2.45) is 5.92 Å². The minimum atomic E-state index is -1.07. The SMILES string of the molecule is CC(C)Cn1ccc2cc(-c3cc(C(=O)O)ccn3)cc([N+](=O)[O-])c21. The Labute approximate surface area is 143 Å². The van der Waals surface area contributed by atoms with E-state index < -0.39 is 10.9 Å². The molecule has 1 aromatic carbocycles. The number of rotatable bonds is 5. The van der Waals surface area contributed by atoms with E-state index in [0.29, 0.717) is 29.2 Å². The number of carboxylic acids is 1. The average molecular weight is 339 g/mol. The molecule has 0 amide bonds. The van der Waals surface area contributed by atoms with E-state index in [1.54, 1.807) is 6.07 Å². The normalized spacial score (nSPS) is 11.2. The van der Waals surface area contributed by atoms with Crippen molar-refractivity contribution in [3.8, 4) is 11.3 Å². The van der Waals surface area contributed by atoms with Crippen LogP contribution in [-0.4, -0.2) is 25.6 Å². The lowest BCUT2D eigenvalue weighted by atomic mass is 10.1. The van der Waals surface area contributed by atoms with E-state index in [1.165, 1.54) is 24.4 Å². The van der Waals surface area contributed by atoms with Crippen LogP contribution in [0.2, 0.25) is 0 Å². The summed E-state index contributed by atoms with van der Waals surface area (Å²) >= 11 is 0. The molecule has 0 aliphatic rings. The van der Waals surface area contributed by atoms with Crippen LogP contribution in [-0.2, 0) is 6.54 Å². The van der Waals surface area contributed by atoms with Gasteiger partial charge in [-0.1, -0.05) is 13.8 Å². The fourth-order valence-corrected chi connectivity index (χ4v) is 2.88. The molecule has 7 heteroatoms. The van der Waals surface area contributed by atoms with Crippen LogP contribution in [0.15, 0.2) is 42.7 Å². The smallest absolute Gasteiger partial charge is 0.335 e. The molecular weight excluding hydrogens is 322 g/mol. The van der Waals surface area contributed by atoms with Crippen molar-refractivity contribution in [2.75, 3.05) is 0 Å². The number of fused-ring (bicyclic) bond motifs is 1. The first kappa shape index (κ1) is 16.6. The molecule has 0 radical (unpaired) electrons. The molecule has 0 unspecified atom stereocenters. The number of pyridine rings is 1. The van der Waals surface area contributed by atoms with Gasteiger partial charge in [-0.2, -0.15) is 0 Å². The zero-order valence-electron chi connectivity index (χ0n) is 13.8. The van der Waals surface area contributed by atoms with Crippen molar-refractivity contribution < 1.29 is 14.8 Å². The zero-order chi connectivity index (χ0) is 18.1. The molecule has 7 nitrogen and oxygen atoms in total. The first-order valence-corrected chi connectivity index (χ1v) is 7.84. The van der Waals surface area contributed by atoms with Gasteiger partial charge in [-0.3, -0.25) is 15.1 Å². The Morgan fingerprint density at radius 3 is 2.72 bits per heavy atom. The fourth-order valence-electron chi connectivity index (χ4n) is 2.88. The molecule has 25 heavy (non-hydrogen) atoms. The molecular formula is C18H17N3O4. The lowest BCUT2D eigenvalue weighted by Gasteiger charge is -2.09. The molecule has 1 N–H and O–H groups in total. The molecule has 0 saturated carbocycles. The summed E-state index contributed by atoms with van der Waals surface area (Å²) in [7, 11) is 0. The first-order valence-electron chi connectivity index (χ1n) is 7.84. The number of carbonyl (C=O) groups is 1. The van der Waals surface area contributed by atoms with Crippen molar-refractivity contribution >= 4 is 22.6 Å². The van der Waals surface area contributed by atoms with Crippen LogP contribution < -0.4 is 0 Å². The summed E-state index contributed by atoms with van der Waals surface area (Å²) in [6.45, 7) is 4.77. The zero-order valence-corrected chi connectivity index (χ0v) is 13.8. The third-order valence-electron chi connectivity index (χ3n) is 3.90. The van der Waals surface area contributed by atoms with Crippen LogP contribution in [0.25, 0.3) is 22.2 Å². The summed E-state index contributed by atoms with van der Waals surface area (Å²) in [5.74, 6) is -0.717. The molecule has 0 atom stereocenters. The predicted octanol–water partition coefficient (Wildman–Crippen LogP) is 3.97. The number of non-ortho nitro benzene ring substituents is 1. The summed E-state index contributed by atoms with van der Waals surface area (Å²) in [6.07, 6.45) is 3.22. The molecule has 0 fully saturated rings. The second-order valence-corrected chi connectivity index (χ2v) is 6.29. The van der Waals surface area contributed by atoms with E-state index in [-0.39, 0.29) is 11.3 Å². The van der Waals surface area contributed by atoms with E-state index in [2.05, 4.69) is 4.98 Å². The van der Waals surface area contributed by atoms with Gasteiger partial charge in [0.05, 0.1) is 16.2 Å². The molecule has 2 heterocycles. The van der Waals surface area contributed by atoms with Crippen molar-refractivity contribution in [3.63, 3.8) is 0 Å². The van der Waals surface area contributed by atoms with Crippen molar-refractivity contribution in [1.29, 1.82) is 0 Å². The molecule has 3 rings (SSSR count). The van der Waals surface area contributed by atoms with E-state index >= 15 is 0 Å². The Hall–Kier alpha value is -3.22. The van der Waals surface area contributed by atoms with E-state index in [0.717, 1.165) is 5.39 Å². The van der Waals surface area contributed by atoms with Crippen molar-refractivity contribution in [1.82, 2.24) is 9.55 Å². The Morgan fingerprint density at radius 1 is 1.32 bits per heavy atom. The van der Waals surface area contributed by atoms with Gasteiger partial charge in [0.15, 0.2) is 0 Å². The monoisotopic (exact) mass is 339 g/mol. The predicted molar refractivity (Wildman–Crippen MR) is 93.6 cm³/mol. The molecule has 128 valence electrons. The first-order chi connectivity index (χ1) is 11.9. The van der Waals surface area contributed by atoms with Gasteiger partial charge in [-0.05, 0) is 30.2 Å². The van der Waals surface area contributed by atoms with E-state index in [9.17, 15) is 14.9 Å². The van der Waals surface area contributed by atoms with Crippen molar-refractivity contribution in [3.05, 3.63) is 58.4 Å². The highest BCUT2D eigenvalue weighted by Crippen LogP contribution is 2.33. The number of nitrogens with zero attached hydrogens (tertiary/aromatic N) is 3. The topological polar surface area (TPSA) is 98.3 Å². The summed E-state index contributed by atoms with van der Waals surface area (Å²) in [6, 6.07) is 7.88. The summed E-state index contributed by atoms with van der Waals surface area (Å²) in [5, 5.41) is 21.4. The standard InChI is InChI=1S/C18H17N3O4/c1-11(2)10-20-6-4-12-7-14(9-16(17(12)20)21(24)25)15-8-13(18(22)23)3-5-19-15/h3-9,11H,10H2,1-2H3,(H,22,23). The Morgan fingerprint density at radius 2 is 2.08 bits per heavy atom. The second-order valence-electron chi connectivity index (χ2n) is 6.29. The minimum Gasteiger partial charge on any atom is -0.478 e. The highest BCUT2D eigenvalue weighted by atomic mass is 16.6. The largest absolute Gasteiger partial charge is 0.478 e. The number of carboxylic acid groups (broad SMARTS) is 1. The van der Waals surface area contributed by atoms with Gasteiger partial charge in [0.25, 0.3) is 5.69 Å². The van der Waals surface area contributed by atoms with Gasteiger partial charge in [0.1, 0.15) is 5.52 Å². The maximum atomic E-state index is 11.6. The third-order valence-corrected chi connectivity index (χ3v) is 3.90. The van der Waals surface area contributed by atoms with Crippen LogP contribution >= 0.6 is 0 Å². The number of hydrogen-bond donors (Lipinski definition) is 1. The lowest BCUT2D eigenvalue weighted by molar-refractivity contribution is -0.383. The second kappa shape index (κ2) is 6.35. The summed E-state index contributed by atoms with van der Waals surface area (Å²) < 4.78 is 1.88. The van der Waals surface area contributed by atoms with Crippen LogP contribution in [0.1, 0.15) is 24.2 Å². The molecule has 0 spiro atoms. The number of benzene rings is 1. The third kappa shape index (κ3) is 3.21. The van der Waals surface area contributed by atoms with Crippen molar-refractivity contribution in [2.45, 2.75) is 20.4 Å². The molecule has 2 aromatic heterocycles. The number of aromatic nitrogens is 2. The lowest BCUT2D eigenvalue weighted by Crippen LogP contribution is -2.04. The Balaban J connectivity index is 2.20. The van der Waals surface area contributed by atoms with Gasteiger partial charge in [-0.15, -0.1) is 0 Å². The average Bonchev–Trinajstić information content (AvgIpc) is 2.96. The molecule has 0 aliphatic carbocycles. The number of nitro benzene ring substituents is 1. The summed E-state index contributed by atoms with van der Waals surface area (Å²) in [4.78, 5) is 26.5. The Bertz CT molecular complexity index is 976. The quantitative estimate of drug-likeness (QED) is 0.560. The molecule has 0 saturated heterocycles. The number of aromatic carboxylic acids is 1. The minimum absolute atomic E-state index is 0.0133. The maximum Gasteiger partial charge on any atom is 0.335 e. The fraction of sp³-hybridized carbons (Fsp3) is 0.222. The highest BCUT2D eigenvalue weighted by Gasteiger charge is 2.19. The van der Waals surface area contributed by atoms with Gasteiger partial charge >= 0.3 is 5.97 Å². The maximum absolute atomic E-state index is 11.6. The van der Waals surface area contributed by atoms with Crippen LogP contribution in [0, 0.1) is 16.0 Å². The van der Waals surface area contributed by atoms with Crippen LogP contribution in [0.5, 0.6) is 0 Å². The van der Waals surface area contributed by atoms with Gasteiger partial charge in [-0.25, -0.2) is 4.79 Å². The van der Waals surface area contributed by atoms with Gasteiger partial charge in [0, 0.05) is 36.0 Å².